The molecular weight excluding hydrogens is 460 g/mol. The SMILES string of the molecule is Cc1cc(-n2c(C)cc(C(=O)CSc3nnc(CN4CCCC4)n3Cc3ccccc3)c2C)no1. The van der Waals surface area contributed by atoms with Crippen molar-refractivity contribution in [3.63, 3.8) is 0 Å². The lowest BCUT2D eigenvalue weighted by Crippen LogP contribution is -2.21. The summed E-state index contributed by atoms with van der Waals surface area (Å²) < 4.78 is 9.35. The number of hydrogen-bond donors (Lipinski definition) is 0. The first-order chi connectivity index (χ1) is 17.0. The molecule has 0 atom stereocenters. The average molecular weight is 491 g/mol. The zero-order valence-electron chi connectivity index (χ0n) is 20.4. The highest BCUT2D eigenvalue weighted by Crippen LogP contribution is 2.25. The van der Waals surface area contributed by atoms with Gasteiger partial charge in [0.05, 0.1) is 18.8 Å². The minimum atomic E-state index is 0.0601. The van der Waals surface area contributed by atoms with Crippen LogP contribution in [0.4, 0.5) is 0 Å². The maximum atomic E-state index is 13.3. The van der Waals surface area contributed by atoms with E-state index in [0.717, 1.165) is 47.8 Å². The van der Waals surface area contributed by atoms with Crippen LogP contribution in [0.2, 0.25) is 0 Å². The van der Waals surface area contributed by atoms with Crippen LogP contribution in [0.25, 0.3) is 5.82 Å². The monoisotopic (exact) mass is 490 g/mol. The van der Waals surface area contributed by atoms with Crippen LogP contribution >= 0.6 is 11.8 Å². The van der Waals surface area contributed by atoms with Gasteiger partial charge in [0.1, 0.15) is 11.6 Å². The fourth-order valence-corrected chi connectivity index (χ4v) is 5.51. The van der Waals surface area contributed by atoms with Crippen molar-refractivity contribution in [2.75, 3.05) is 18.8 Å². The van der Waals surface area contributed by atoms with Crippen LogP contribution in [0.1, 0.15) is 51.7 Å². The minimum Gasteiger partial charge on any atom is -0.360 e. The number of thioether (sulfide) groups is 1. The molecule has 1 saturated heterocycles. The van der Waals surface area contributed by atoms with Gasteiger partial charge in [-0.15, -0.1) is 10.2 Å². The van der Waals surface area contributed by atoms with Crippen molar-refractivity contribution < 1.29 is 9.32 Å². The number of likely N-dealkylation sites (tertiary alicyclic amines) is 1. The van der Waals surface area contributed by atoms with Gasteiger partial charge in [-0.3, -0.25) is 14.3 Å². The second-order valence-electron chi connectivity index (χ2n) is 9.08. The zero-order chi connectivity index (χ0) is 24.4. The molecule has 1 aliphatic heterocycles. The van der Waals surface area contributed by atoms with Gasteiger partial charge in [-0.25, -0.2) is 0 Å². The van der Waals surface area contributed by atoms with Crippen molar-refractivity contribution in [1.82, 2.24) is 29.4 Å². The van der Waals surface area contributed by atoms with Gasteiger partial charge < -0.3 is 9.09 Å². The van der Waals surface area contributed by atoms with Crippen LogP contribution in [-0.4, -0.2) is 54.0 Å². The lowest BCUT2D eigenvalue weighted by molar-refractivity contribution is 0.102. The second kappa shape index (κ2) is 10.2. The highest BCUT2D eigenvalue weighted by atomic mass is 32.2. The summed E-state index contributed by atoms with van der Waals surface area (Å²) in [6.45, 7) is 9.44. The van der Waals surface area contributed by atoms with Gasteiger partial charge in [-0.1, -0.05) is 47.3 Å². The van der Waals surface area contributed by atoms with Crippen LogP contribution in [-0.2, 0) is 13.1 Å². The predicted octanol–water partition coefficient (Wildman–Crippen LogP) is 4.60. The topological polar surface area (TPSA) is 82.0 Å². The fraction of sp³-hybridized carbons (Fsp3) is 0.385. The van der Waals surface area contributed by atoms with Crippen LogP contribution < -0.4 is 0 Å². The van der Waals surface area contributed by atoms with E-state index in [9.17, 15) is 4.79 Å². The molecule has 4 heterocycles. The quantitative estimate of drug-likeness (QED) is 0.250. The summed E-state index contributed by atoms with van der Waals surface area (Å²) in [6.07, 6.45) is 2.46. The number of aryl methyl sites for hydroxylation is 2. The Morgan fingerprint density at radius 2 is 1.80 bits per heavy atom. The van der Waals surface area contributed by atoms with Gasteiger partial charge >= 0.3 is 0 Å². The van der Waals surface area contributed by atoms with Crippen molar-refractivity contribution in [3.8, 4) is 5.82 Å². The Kier molecular flexibility index (Phi) is 6.88. The summed E-state index contributed by atoms with van der Waals surface area (Å²) in [5.41, 5.74) is 3.70. The molecule has 0 spiro atoms. The second-order valence-corrected chi connectivity index (χ2v) is 10.0. The summed E-state index contributed by atoms with van der Waals surface area (Å²) in [6, 6.07) is 14.1. The largest absolute Gasteiger partial charge is 0.360 e. The smallest absolute Gasteiger partial charge is 0.192 e. The van der Waals surface area contributed by atoms with Gasteiger partial charge in [0, 0.05) is 23.0 Å². The molecule has 0 N–H and O–H groups in total. The third kappa shape index (κ3) is 5.11. The fourth-order valence-electron chi connectivity index (χ4n) is 4.67. The molecule has 0 saturated carbocycles. The van der Waals surface area contributed by atoms with E-state index in [-0.39, 0.29) is 5.78 Å². The van der Waals surface area contributed by atoms with E-state index in [2.05, 4.69) is 37.0 Å². The van der Waals surface area contributed by atoms with Crippen molar-refractivity contribution in [1.29, 1.82) is 0 Å². The van der Waals surface area contributed by atoms with Crippen LogP contribution in [0.3, 0.4) is 0 Å². The standard InChI is InChI=1S/C26H30N6O2S/c1-18-13-22(20(3)32(18)24-14-19(2)34-29-24)23(33)17-35-26-28-27-25(16-30-11-7-8-12-30)31(26)15-21-9-5-4-6-10-21/h4-6,9-10,13-14H,7-8,11-12,15-17H2,1-3H3. The Labute approximate surface area is 209 Å². The number of Topliss-reactive ketones (excluding diaryl/α,β-unsaturated/α-hetero) is 1. The summed E-state index contributed by atoms with van der Waals surface area (Å²) in [4.78, 5) is 15.7. The summed E-state index contributed by atoms with van der Waals surface area (Å²) in [7, 11) is 0. The van der Waals surface area contributed by atoms with Crippen molar-refractivity contribution >= 4 is 17.5 Å². The lowest BCUT2D eigenvalue weighted by atomic mass is 10.2. The molecule has 1 aliphatic rings. The average Bonchev–Trinajstić information content (AvgIpc) is 3.64. The summed E-state index contributed by atoms with van der Waals surface area (Å²) in [5, 5.41) is 13.9. The first-order valence-electron chi connectivity index (χ1n) is 12.0. The normalized spacial score (nSPS) is 14.1. The van der Waals surface area contributed by atoms with Gasteiger partial charge in [0.15, 0.2) is 16.8 Å². The number of rotatable bonds is 9. The molecule has 9 heteroatoms. The Bertz CT molecular complexity index is 1320. The molecule has 3 aromatic heterocycles. The molecule has 0 radical (unpaired) electrons. The molecule has 1 fully saturated rings. The highest BCUT2D eigenvalue weighted by molar-refractivity contribution is 7.99. The van der Waals surface area contributed by atoms with Crippen LogP contribution in [0.5, 0.6) is 0 Å². The summed E-state index contributed by atoms with van der Waals surface area (Å²) in [5.74, 6) is 2.73. The minimum absolute atomic E-state index is 0.0601. The van der Waals surface area contributed by atoms with E-state index >= 15 is 0 Å². The van der Waals surface area contributed by atoms with Crippen LogP contribution in [0, 0.1) is 20.8 Å². The van der Waals surface area contributed by atoms with E-state index in [4.69, 9.17) is 4.52 Å². The molecule has 1 aromatic carbocycles. The predicted molar refractivity (Wildman–Crippen MR) is 135 cm³/mol. The lowest BCUT2D eigenvalue weighted by Gasteiger charge is -2.16. The number of aromatic nitrogens is 5. The molecule has 8 nitrogen and oxygen atoms in total. The van der Waals surface area contributed by atoms with E-state index in [0.29, 0.717) is 23.7 Å². The van der Waals surface area contributed by atoms with Gasteiger partial charge in [-0.05, 0) is 58.3 Å². The molecular formula is C26H30N6O2S. The maximum absolute atomic E-state index is 13.3. The van der Waals surface area contributed by atoms with Gasteiger partial charge in [0.25, 0.3) is 0 Å². The van der Waals surface area contributed by atoms with Gasteiger partial charge in [0.2, 0.25) is 0 Å². The van der Waals surface area contributed by atoms with E-state index < -0.39 is 0 Å². The molecule has 182 valence electrons. The number of ketones is 1. The third-order valence-corrected chi connectivity index (χ3v) is 7.42. The number of benzene rings is 1. The molecule has 35 heavy (non-hydrogen) atoms. The van der Waals surface area contributed by atoms with Crippen LogP contribution in [0.15, 0.2) is 52.1 Å². The molecule has 0 bridgehead atoms. The zero-order valence-corrected chi connectivity index (χ0v) is 21.2. The Morgan fingerprint density at radius 1 is 1.03 bits per heavy atom. The third-order valence-electron chi connectivity index (χ3n) is 6.45. The molecule has 0 aliphatic carbocycles. The summed E-state index contributed by atoms with van der Waals surface area (Å²) >= 11 is 1.45. The maximum Gasteiger partial charge on any atom is 0.192 e. The highest BCUT2D eigenvalue weighted by Gasteiger charge is 2.22. The number of nitrogens with zero attached hydrogens (tertiary/aromatic N) is 6. The molecule has 0 unspecified atom stereocenters. The van der Waals surface area contributed by atoms with Crippen molar-refractivity contribution in [2.24, 2.45) is 0 Å². The van der Waals surface area contributed by atoms with Gasteiger partial charge in [-0.2, -0.15) is 0 Å². The first kappa shape index (κ1) is 23.6. The number of hydrogen-bond acceptors (Lipinski definition) is 7. The van der Waals surface area contributed by atoms with Crippen molar-refractivity contribution in [3.05, 3.63) is 76.6 Å². The molecule has 5 rings (SSSR count). The Hall–Kier alpha value is -3.17. The van der Waals surface area contributed by atoms with E-state index in [1.54, 1.807) is 0 Å². The van der Waals surface area contributed by atoms with E-state index in [1.165, 1.54) is 30.2 Å². The Balaban J connectivity index is 1.35. The molecule has 0 amide bonds. The number of carbonyl (C=O) groups is 1. The Morgan fingerprint density at radius 3 is 2.51 bits per heavy atom. The molecule has 4 aromatic rings. The first-order valence-corrected chi connectivity index (χ1v) is 12.9. The number of carbonyl (C=O) groups excluding carboxylic acids is 1. The van der Waals surface area contributed by atoms with E-state index in [1.807, 2.05) is 55.7 Å². The van der Waals surface area contributed by atoms with Crippen molar-refractivity contribution in [2.45, 2.75) is 51.9 Å².